The van der Waals surface area contributed by atoms with Crippen molar-refractivity contribution in [1.82, 2.24) is 10.3 Å². The minimum Gasteiger partial charge on any atom is -0.385 e. The van der Waals surface area contributed by atoms with Crippen molar-refractivity contribution in [1.29, 1.82) is 0 Å². The molecule has 0 atom stereocenters. The largest absolute Gasteiger partial charge is 0.385 e. The third-order valence-corrected chi connectivity index (χ3v) is 3.74. The fraction of sp³-hybridized carbons (Fsp3) is 0.316. The Kier molecular flexibility index (Phi) is 6.65. The molecule has 1 aromatic carbocycles. The van der Waals surface area contributed by atoms with Crippen LogP contribution in [0.1, 0.15) is 38.5 Å². The summed E-state index contributed by atoms with van der Waals surface area (Å²) in [6.45, 7) is 4.93. The molecular formula is C19H23N3O3. The van der Waals surface area contributed by atoms with Gasteiger partial charge in [-0.2, -0.15) is 0 Å². The Bertz CT molecular complexity index is 739. The first-order valence-electron chi connectivity index (χ1n) is 8.14. The molecule has 132 valence electrons. The number of carbonyl (C=O) groups is 2. The van der Waals surface area contributed by atoms with Crippen LogP contribution in [-0.2, 0) is 4.74 Å². The third kappa shape index (κ3) is 5.12. The molecule has 0 radical (unpaired) electrons. The van der Waals surface area contributed by atoms with Crippen LogP contribution in [0.25, 0.3) is 0 Å². The normalized spacial score (nSPS) is 10.4. The molecule has 1 aromatic heterocycles. The first-order chi connectivity index (χ1) is 12.0. The van der Waals surface area contributed by atoms with Gasteiger partial charge in [0.25, 0.3) is 11.8 Å². The number of hydrogen-bond donors (Lipinski definition) is 2. The zero-order valence-electron chi connectivity index (χ0n) is 14.8. The number of nitrogens with zero attached hydrogens (tertiary/aromatic N) is 1. The van der Waals surface area contributed by atoms with Crippen LogP contribution in [0, 0.1) is 13.8 Å². The van der Waals surface area contributed by atoms with Crippen molar-refractivity contribution >= 4 is 17.5 Å². The number of aromatic nitrogens is 1. The number of ether oxygens (including phenoxy) is 1. The maximum absolute atomic E-state index is 12.5. The van der Waals surface area contributed by atoms with Crippen molar-refractivity contribution in [2.45, 2.75) is 20.3 Å². The van der Waals surface area contributed by atoms with E-state index in [9.17, 15) is 9.59 Å². The highest BCUT2D eigenvalue weighted by Gasteiger charge is 2.14. The summed E-state index contributed by atoms with van der Waals surface area (Å²) in [6, 6.07) is 10.6. The van der Waals surface area contributed by atoms with Crippen molar-refractivity contribution in [3.63, 3.8) is 0 Å². The van der Waals surface area contributed by atoms with Gasteiger partial charge in [0.2, 0.25) is 0 Å². The van der Waals surface area contributed by atoms with Gasteiger partial charge >= 0.3 is 0 Å². The molecule has 0 saturated carbocycles. The summed E-state index contributed by atoms with van der Waals surface area (Å²) >= 11 is 0. The number of benzene rings is 1. The predicted octanol–water partition coefficient (Wildman–Crippen LogP) is 2.72. The highest BCUT2D eigenvalue weighted by Crippen LogP contribution is 2.20. The minimum absolute atomic E-state index is 0.201. The molecule has 0 aliphatic carbocycles. The molecule has 0 aliphatic heterocycles. The second-order valence-corrected chi connectivity index (χ2v) is 5.73. The molecule has 2 aromatic rings. The van der Waals surface area contributed by atoms with Gasteiger partial charge in [0.15, 0.2) is 0 Å². The van der Waals surface area contributed by atoms with Crippen molar-refractivity contribution in [2.24, 2.45) is 0 Å². The highest BCUT2D eigenvalue weighted by atomic mass is 16.5. The summed E-state index contributed by atoms with van der Waals surface area (Å²) in [5.41, 5.74) is 3.13. The van der Waals surface area contributed by atoms with Crippen molar-refractivity contribution < 1.29 is 14.3 Å². The molecule has 2 N–H and O–H groups in total. The quantitative estimate of drug-likeness (QED) is 0.759. The van der Waals surface area contributed by atoms with E-state index in [1.165, 1.54) is 0 Å². The van der Waals surface area contributed by atoms with E-state index in [1.54, 1.807) is 25.3 Å². The molecule has 6 heteroatoms. The van der Waals surface area contributed by atoms with Gasteiger partial charge in [-0.15, -0.1) is 0 Å². The second kappa shape index (κ2) is 8.94. The lowest BCUT2D eigenvalue weighted by Gasteiger charge is -2.11. The monoisotopic (exact) mass is 341 g/mol. The standard InChI is InChI=1S/C19H23N3O3/c1-13-7-4-8-14(2)17(13)22-19(24)16-10-5-9-15(21-16)18(23)20-11-6-12-25-3/h4-5,7-10H,6,11-12H2,1-3H3,(H,20,23)(H,22,24). The number of anilines is 1. The number of hydrogen-bond acceptors (Lipinski definition) is 4. The molecule has 0 bridgehead atoms. The Morgan fingerprint density at radius 3 is 2.24 bits per heavy atom. The topological polar surface area (TPSA) is 80.3 Å². The maximum Gasteiger partial charge on any atom is 0.274 e. The molecule has 0 aliphatic rings. The maximum atomic E-state index is 12.5. The molecule has 6 nitrogen and oxygen atoms in total. The van der Waals surface area contributed by atoms with E-state index < -0.39 is 0 Å². The highest BCUT2D eigenvalue weighted by molar-refractivity contribution is 6.04. The fourth-order valence-electron chi connectivity index (χ4n) is 2.39. The number of methoxy groups -OCH3 is 1. The van der Waals surface area contributed by atoms with Gasteiger partial charge in [-0.3, -0.25) is 9.59 Å². The number of carbonyl (C=O) groups excluding carboxylic acids is 2. The van der Waals surface area contributed by atoms with Crippen molar-refractivity contribution in [3.8, 4) is 0 Å². The second-order valence-electron chi connectivity index (χ2n) is 5.73. The Morgan fingerprint density at radius 1 is 1.00 bits per heavy atom. The molecule has 1 heterocycles. The summed E-state index contributed by atoms with van der Waals surface area (Å²) in [4.78, 5) is 28.7. The number of aryl methyl sites for hydroxylation is 2. The number of rotatable bonds is 7. The van der Waals surface area contributed by atoms with Gasteiger partial charge in [-0.1, -0.05) is 24.3 Å². The average Bonchev–Trinajstić information content (AvgIpc) is 2.61. The Hall–Kier alpha value is -2.73. The van der Waals surface area contributed by atoms with Crippen molar-refractivity contribution in [2.75, 3.05) is 25.6 Å². The number of nitrogens with one attached hydrogen (secondary N) is 2. The number of amides is 2. The van der Waals surface area contributed by atoms with E-state index in [2.05, 4.69) is 15.6 Å². The van der Waals surface area contributed by atoms with Gasteiger partial charge in [0, 0.05) is 25.9 Å². The van der Waals surface area contributed by atoms with Crippen LogP contribution in [0.4, 0.5) is 5.69 Å². The summed E-state index contributed by atoms with van der Waals surface area (Å²) in [5.74, 6) is -0.649. The molecule has 0 fully saturated rings. The van der Waals surface area contributed by atoms with Crippen LogP contribution in [0.3, 0.4) is 0 Å². The van der Waals surface area contributed by atoms with Gasteiger partial charge < -0.3 is 15.4 Å². The fourth-order valence-corrected chi connectivity index (χ4v) is 2.39. The molecule has 0 saturated heterocycles. The molecule has 2 amide bonds. The Morgan fingerprint density at radius 2 is 1.60 bits per heavy atom. The van der Waals surface area contributed by atoms with Crippen LogP contribution in [0.5, 0.6) is 0 Å². The molecule has 25 heavy (non-hydrogen) atoms. The lowest BCUT2D eigenvalue weighted by molar-refractivity contribution is 0.0943. The first-order valence-corrected chi connectivity index (χ1v) is 8.14. The van der Waals surface area contributed by atoms with Crippen LogP contribution >= 0.6 is 0 Å². The molecule has 2 rings (SSSR count). The zero-order valence-corrected chi connectivity index (χ0v) is 14.8. The lowest BCUT2D eigenvalue weighted by atomic mass is 10.1. The van der Waals surface area contributed by atoms with E-state index in [-0.39, 0.29) is 23.2 Å². The summed E-state index contributed by atoms with van der Waals surface area (Å²) in [5, 5.41) is 5.63. The summed E-state index contributed by atoms with van der Waals surface area (Å²) < 4.78 is 4.94. The van der Waals surface area contributed by atoms with E-state index in [0.29, 0.717) is 13.2 Å². The van der Waals surface area contributed by atoms with Crippen LogP contribution < -0.4 is 10.6 Å². The van der Waals surface area contributed by atoms with Crippen LogP contribution in [0.2, 0.25) is 0 Å². The average molecular weight is 341 g/mol. The van der Waals surface area contributed by atoms with Gasteiger partial charge in [-0.25, -0.2) is 4.98 Å². The Balaban J connectivity index is 2.07. The minimum atomic E-state index is -0.341. The number of pyridine rings is 1. The molecular weight excluding hydrogens is 318 g/mol. The smallest absolute Gasteiger partial charge is 0.274 e. The zero-order chi connectivity index (χ0) is 18.2. The molecule has 0 unspecified atom stereocenters. The Labute approximate surface area is 147 Å². The first kappa shape index (κ1) is 18.6. The van der Waals surface area contributed by atoms with E-state index in [0.717, 1.165) is 23.2 Å². The van der Waals surface area contributed by atoms with Gasteiger partial charge in [-0.05, 0) is 43.5 Å². The summed E-state index contributed by atoms with van der Waals surface area (Å²) in [7, 11) is 1.61. The van der Waals surface area contributed by atoms with Gasteiger partial charge in [0.1, 0.15) is 11.4 Å². The SMILES string of the molecule is COCCCNC(=O)c1cccc(C(=O)Nc2c(C)cccc2C)n1. The van der Waals surface area contributed by atoms with E-state index in [1.807, 2.05) is 32.0 Å². The van der Waals surface area contributed by atoms with Crippen LogP contribution in [0.15, 0.2) is 36.4 Å². The lowest BCUT2D eigenvalue weighted by Crippen LogP contribution is -2.27. The van der Waals surface area contributed by atoms with E-state index in [4.69, 9.17) is 4.74 Å². The van der Waals surface area contributed by atoms with Gasteiger partial charge in [0.05, 0.1) is 0 Å². The number of para-hydroxylation sites is 1. The van der Waals surface area contributed by atoms with Crippen molar-refractivity contribution in [3.05, 3.63) is 58.9 Å². The summed E-state index contributed by atoms with van der Waals surface area (Å²) in [6.07, 6.45) is 0.717. The van der Waals surface area contributed by atoms with E-state index >= 15 is 0 Å². The van der Waals surface area contributed by atoms with Crippen LogP contribution in [-0.4, -0.2) is 37.1 Å². The molecule has 0 spiro atoms. The predicted molar refractivity (Wildman–Crippen MR) is 96.9 cm³/mol. The third-order valence-electron chi connectivity index (χ3n) is 3.74.